The van der Waals surface area contributed by atoms with E-state index in [0.717, 1.165) is 12.7 Å². The van der Waals surface area contributed by atoms with E-state index in [1.165, 1.54) is 16.9 Å². The van der Waals surface area contributed by atoms with E-state index in [1.54, 1.807) is 0 Å². The van der Waals surface area contributed by atoms with E-state index in [9.17, 15) is 13.2 Å². The molecule has 2 amide bonds. The van der Waals surface area contributed by atoms with Crippen LogP contribution >= 0.6 is 0 Å². The Morgan fingerprint density at radius 2 is 1.76 bits per heavy atom. The number of urea groups is 1. The SMILES string of the molecule is CN(CCCNC(=O)NCCc1ccccc1)S(C)(=O)=O. The van der Waals surface area contributed by atoms with E-state index in [-0.39, 0.29) is 6.03 Å². The van der Waals surface area contributed by atoms with Crippen LogP contribution in [0, 0.1) is 0 Å². The third-order valence-electron chi connectivity index (χ3n) is 3.04. The first-order chi connectivity index (χ1) is 9.89. The third kappa shape index (κ3) is 7.67. The van der Waals surface area contributed by atoms with Crippen LogP contribution in [-0.2, 0) is 16.4 Å². The van der Waals surface area contributed by atoms with Crippen LogP contribution in [-0.4, -0.2) is 51.7 Å². The average molecular weight is 313 g/mol. The Morgan fingerprint density at radius 3 is 2.38 bits per heavy atom. The Morgan fingerprint density at radius 1 is 1.14 bits per heavy atom. The van der Waals surface area contributed by atoms with Gasteiger partial charge < -0.3 is 10.6 Å². The highest BCUT2D eigenvalue weighted by atomic mass is 32.2. The standard InChI is InChI=1S/C14H23N3O3S/c1-17(21(2,19)20)12-6-10-15-14(18)16-11-9-13-7-4-3-5-8-13/h3-5,7-8H,6,9-12H2,1-2H3,(H2,15,16,18). The van der Waals surface area contributed by atoms with Gasteiger partial charge in [-0.25, -0.2) is 17.5 Å². The molecule has 6 nitrogen and oxygen atoms in total. The van der Waals surface area contributed by atoms with Gasteiger partial charge in [-0.1, -0.05) is 30.3 Å². The number of rotatable bonds is 8. The van der Waals surface area contributed by atoms with Crippen LogP contribution in [0.15, 0.2) is 30.3 Å². The Bertz CT molecular complexity index is 532. The van der Waals surface area contributed by atoms with Crippen molar-refractivity contribution in [2.75, 3.05) is 32.9 Å². The monoisotopic (exact) mass is 313 g/mol. The third-order valence-corrected chi connectivity index (χ3v) is 4.36. The predicted molar refractivity (Wildman–Crippen MR) is 83.6 cm³/mol. The van der Waals surface area contributed by atoms with Gasteiger partial charge in [0.2, 0.25) is 10.0 Å². The quantitative estimate of drug-likeness (QED) is 0.697. The van der Waals surface area contributed by atoms with Gasteiger partial charge in [0.05, 0.1) is 6.26 Å². The Kier molecular flexibility index (Phi) is 7.18. The molecule has 0 aliphatic carbocycles. The number of carbonyl (C=O) groups is 1. The zero-order valence-electron chi connectivity index (χ0n) is 12.5. The molecule has 0 unspecified atom stereocenters. The summed E-state index contributed by atoms with van der Waals surface area (Å²) in [4.78, 5) is 11.5. The van der Waals surface area contributed by atoms with Crippen molar-refractivity contribution in [1.29, 1.82) is 0 Å². The fourth-order valence-electron chi connectivity index (χ4n) is 1.70. The zero-order valence-corrected chi connectivity index (χ0v) is 13.3. The van der Waals surface area contributed by atoms with Gasteiger partial charge >= 0.3 is 6.03 Å². The molecule has 7 heteroatoms. The predicted octanol–water partition coefficient (Wildman–Crippen LogP) is 0.810. The van der Waals surface area contributed by atoms with E-state index in [1.807, 2.05) is 30.3 Å². The van der Waals surface area contributed by atoms with E-state index < -0.39 is 10.0 Å². The highest BCUT2D eigenvalue weighted by molar-refractivity contribution is 7.88. The van der Waals surface area contributed by atoms with Gasteiger partial charge in [0.1, 0.15) is 0 Å². The number of amides is 2. The largest absolute Gasteiger partial charge is 0.338 e. The van der Waals surface area contributed by atoms with Gasteiger partial charge in [0.25, 0.3) is 0 Å². The first-order valence-electron chi connectivity index (χ1n) is 6.86. The summed E-state index contributed by atoms with van der Waals surface area (Å²) >= 11 is 0. The molecule has 1 rings (SSSR count). The number of hydrogen-bond donors (Lipinski definition) is 2. The summed E-state index contributed by atoms with van der Waals surface area (Å²) < 4.78 is 23.6. The summed E-state index contributed by atoms with van der Waals surface area (Å²) in [6.45, 7) is 1.40. The second kappa shape index (κ2) is 8.63. The Labute approximate surface area is 126 Å². The molecule has 0 saturated carbocycles. The molecule has 0 aliphatic heterocycles. The summed E-state index contributed by atoms with van der Waals surface area (Å²) in [5.74, 6) is 0. The molecular formula is C14H23N3O3S. The number of carbonyl (C=O) groups excluding carboxylic acids is 1. The van der Waals surface area contributed by atoms with Crippen LogP contribution in [0.3, 0.4) is 0 Å². The first-order valence-corrected chi connectivity index (χ1v) is 8.71. The molecular weight excluding hydrogens is 290 g/mol. The molecule has 118 valence electrons. The molecule has 0 aliphatic rings. The second-order valence-electron chi connectivity index (χ2n) is 4.86. The smallest absolute Gasteiger partial charge is 0.314 e. The lowest BCUT2D eigenvalue weighted by atomic mass is 10.1. The van der Waals surface area contributed by atoms with Crippen molar-refractivity contribution >= 4 is 16.1 Å². The molecule has 0 atom stereocenters. The second-order valence-corrected chi connectivity index (χ2v) is 6.95. The first kappa shape index (κ1) is 17.5. The van der Waals surface area contributed by atoms with Crippen LogP contribution in [0.4, 0.5) is 4.79 Å². The Hall–Kier alpha value is -1.60. The van der Waals surface area contributed by atoms with Gasteiger partial charge in [0, 0.05) is 26.7 Å². The van der Waals surface area contributed by atoms with Gasteiger partial charge in [-0.05, 0) is 18.4 Å². The van der Waals surface area contributed by atoms with Crippen molar-refractivity contribution in [2.24, 2.45) is 0 Å². The summed E-state index contributed by atoms with van der Waals surface area (Å²) in [6, 6.07) is 9.69. The number of hydrogen-bond acceptors (Lipinski definition) is 3. The van der Waals surface area contributed by atoms with Crippen LogP contribution < -0.4 is 10.6 Å². The van der Waals surface area contributed by atoms with Crippen molar-refractivity contribution in [1.82, 2.24) is 14.9 Å². The minimum absolute atomic E-state index is 0.229. The van der Waals surface area contributed by atoms with E-state index in [4.69, 9.17) is 0 Å². The maximum atomic E-state index is 11.5. The summed E-state index contributed by atoms with van der Waals surface area (Å²) in [6.07, 6.45) is 2.53. The van der Waals surface area contributed by atoms with Gasteiger partial charge in [0.15, 0.2) is 0 Å². The van der Waals surface area contributed by atoms with Gasteiger partial charge in [-0.2, -0.15) is 0 Å². The highest BCUT2D eigenvalue weighted by Gasteiger charge is 2.09. The summed E-state index contributed by atoms with van der Waals surface area (Å²) in [5.41, 5.74) is 1.17. The lowest BCUT2D eigenvalue weighted by molar-refractivity contribution is 0.240. The lowest BCUT2D eigenvalue weighted by Crippen LogP contribution is -2.38. The van der Waals surface area contributed by atoms with Crippen LogP contribution in [0.2, 0.25) is 0 Å². The number of nitrogens with zero attached hydrogens (tertiary/aromatic N) is 1. The molecule has 1 aromatic carbocycles. The van der Waals surface area contributed by atoms with Crippen molar-refractivity contribution in [3.8, 4) is 0 Å². The van der Waals surface area contributed by atoms with E-state index in [2.05, 4.69) is 10.6 Å². The molecule has 0 saturated heterocycles. The number of sulfonamides is 1. The minimum atomic E-state index is -3.14. The maximum Gasteiger partial charge on any atom is 0.314 e. The van der Waals surface area contributed by atoms with Crippen molar-refractivity contribution in [2.45, 2.75) is 12.8 Å². The highest BCUT2D eigenvalue weighted by Crippen LogP contribution is 1.98. The molecule has 0 aromatic heterocycles. The Balaban J connectivity index is 2.09. The van der Waals surface area contributed by atoms with Crippen LogP contribution in [0.5, 0.6) is 0 Å². The minimum Gasteiger partial charge on any atom is -0.338 e. The molecule has 2 N–H and O–H groups in total. The fourth-order valence-corrected chi connectivity index (χ4v) is 2.16. The number of nitrogens with one attached hydrogen (secondary N) is 2. The van der Waals surface area contributed by atoms with Gasteiger partial charge in [-0.15, -0.1) is 0 Å². The molecule has 1 aromatic rings. The molecule has 21 heavy (non-hydrogen) atoms. The molecule has 0 bridgehead atoms. The van der Waals surface area contributed by atoms with E-state index >= 15 is 0 Å². The van der Waals surface area contributed by atoms with Crippen LogP contribution in [0.25, 0.3) is 0 Å². The maximum absolute atomic E-state index is 11.5. The average Bonchev–Trinajstić information content (AvgIpc) is 2.43. The van der Waals surface area contributed by atoms with Crippen molar-refractivity contribution < 1.29 is 13.2 Å². The molecule has 0 heterocycles. The van der Waals surface area contributed by atoms with Crippen molar-refractivity contribution in [3.05, 3.63) is 35.9 Å². The topological polar surface area (TPSA) is 78.5 Å². The fraction of sp³-hybridized carbons (Fsp3) is 0.500. The molecule has 0 radical (unpaired) electrons. The van der Waals surface area contributed by atoms with Gasteiger partial charge in [-0.3, -0.25) is 0 Å². The molecule has 0 fully saturated rings. The van der Waals surface area contributed by atoms with Crippen molar-refractivity contribution in [3.63, 3.8) is 0 Å². The number of benzene rings is 1. The zero-order chi connectivity index (χ0) is 15.7. The summed E-state index contributed by atoms with van der Waals surface area (Å²) in [5, 5.41) is 5.47. The normalized spacial score (nSPS) is 11.4. The summed E-state index contributed by atoms with van der Waals surface area (Å²) in [7, 11) is -1.62. The lowest BCUT2D eigenvalue weighted by Gasteiger charge is -2.14. The van der Waals surface area contributed by atoms with Crippen LogP contribution in [0.1, 0.15) is 12.0 Å². The molecule has 0 spiro atoms. The van der Waals surface area contributed by atoms with E-state index in [0.29, 0.717) is 26.1 Å².